The van der Waals surface area contributed by atoms with Crippen LogP contribution >= 0.6 is 0 Å². The van der Waals surface area contributed by atoms with Crippen LogP contribution < -0.4 is 15.5 Å². The van der Waals surface area contributed by atoms with Crippen molar-refractivity contribution in [3.63, 3.8) is 0 Å². The van der Waals surface area contributed by atoms with Crippen molar-refractivity contribution in [2.45, 2.75) is 63.7 Å². The van der Waals surface area contributed by atoms with Gasteiger partial charge in [-0.05, 0) is 55.7 Å². The number of carbonyl (C=O) groups is 2. The fourth-order valence-corrected chi connectivity index (χ4v) is 7.06. The predicted octanol–water partition coefficient (Wildman–Crippen LogP) is 2.53. The highest BCUT2D eigenvalue weighted by atomic mass is 16.4. The average Bonchev–Trinajstić information content (AvgIpc) is 3.53. The molecule has 4 heterocycles. The number of amides is 2. The summed E-state index contributed by atoms with van der Waals surface area (Å²) in [5, 5.41) is 6.82. The molecule has 3 aliphatic heterocycles. The maximum absolute atomic E-state index is 13.3. The number of oxazole rings is 1. The molecule has 36 heavy (non-hydrogen) atoms. The second-order valence-electron chi connectivity index (χ2n) is 11.6. The molecule has 1 aromatic heterocycles. The van der Waals surface area contributed by atoms with E-state index in [1.54, 1.807) is 0 Å². The van der Waals surface area contributed by atoms with E-state index < -0.39 is 0 Å². The summed E-state index contributed by atoms with van der Waals surface area (Å²) in [6, 6.07) is 6.59. The molecule has 5 fully saturated rings. The number of nitrogens with zero attached hydrogens (tertiary/aromatic N) is 4. The third kappa shape index (κ3) is 3.87. The van der Waals surface area contributed by atoms with Gasteiger partial charge < -0.3 is 19.5 Å². The summed E-state index contributed by atoms with van der Waals surface area (Å²) in [7, 11) is 0. The van der Waals surface area contributed by atoms with Crippen LogP contribution in [0.3, 0.4) is 0 Å². The summed E-state index contributed by atoms with van der Waals surface area (Å²) in [4.78, 5) is 37.1. The molecule has 2 aliphatic carbocycles. The van der Waals surface area contributed by atoms with E-state index in [4.69, 9.17) is 9.40 Å². The van der Waals surface area contributed by atoms with Gasteiger partial charge in [0.1, 0.15) is 11.8 Å². The molecule has 192 valence electrons. The molecule has 0 radical (unpaired) electrons. The molecule has 9 heteroatoms. The van der Waals surface area contributed by atoms with Crippen molar-refractivity contribution in [2.75, 3.05) is 44.2 Å². The number of benzene rings is 1. The lowest BCUT2D eigenvalue weighted by atomic mass is 9.68. The summed E-state index contributed by atoms with van der Waals surface area (Å²) in [6.07, 6.45) is 9.44. The standard InChI is InChI=1S/C27H36N6O3/c34-23-19-4-1-2-5-20(19)28-25(30-23)32-14-12-31(13-15-32)24(35)18-6-7-21-22(16-18)36-26(29-21)33-11-10-27(17-33)8-3-9-27/h6-7,16,19-20,25,28H,1-5,8-15,17H2,(H,30,34). The molecular weight excluding hydrogens is 456 g/mol. The highest BCUT2D eigenvalue weighted by molar-refractivity contribution is 5.97. The molecule has 3 unspecified atom stereocenters. The Morgan fingerprint density at radius 1 is 1.03 bits per heavy atom. The SMILES string of the molecule is O=C1NC(N2CCN(C(=O)c3ccc4nc(N5CCC6(CCC6)C5)oc4c3)CC2)NC2CCCCC12. The fourth-order valence-electron chi connectivity index (χ4n) is 7.06. The summed E-state index contributed by atoms with van der Waals surface area (Å²) in [6.45, 7) is 4.76. The molecule has 1 spiro atoms. The quantitative estimate of drug-likeness (QED) is 0.680. The molecule has 2 aromatic rings. The molecule has 2 N–H and O–H groups in total. The van der Waals surface area contributed by atoms with Crippen molar-refractivity contribution in [1.82, 2.24) is 25.4 Å². The first kappa shape index (κ1) is 22.5. The first-order chi connectivity index (χ1) is 17.6. The van der Waals surface area contributed by atoms with Crippen LogP contribution in [-0.4, -0.2) is 78.2 Å². The van der Waals surface area contributed by atoms with Crippen molar-refractivity contribution in [3.8, 4) is 0 Å². The number of hydrogen-bond donors (Lipinski definition) is 2. The Bertz CT molecular complexity index is 1170. The third-order valence-electron chi connectivity index (χ3n) is 9.47. The van der Waals surface area contributed by atoms with Crippen LogP contribution in [0, 0.1) is 11.3 Å². The van der Waals surface area contributed by atoms with E-state index in [1.165, 1.54) is 32.1 Å². The van der Waals surface area contributed by atoms with E-state index >= 15 is 0 Å². The van der Waals surface area contributed by atoms with Crippen molar-refractivity contribution in [2.24, 2.45) is 11.3 Å². The molecule has 7 rings (SSSR count). The van der Waals surface area contributed by atoms with Gasteiger partial charge in [0.05, 0.1) is 5.92 Å². The van der Waals surface area contributed by atoms with Crippen molar-refractivity contribution in [1.29, 1.82) is 0 Å². The normalized spacial score (nSPS) is 30.3. The second kappa shape index (κ2) is 8.73. The number of rotatable bonds is 3. The zero-order valence-electron chi connectivity index (χ0n) is 20.9. The zero-order valence-corrected chi connectivity index (χ0v) is 20.9. The van der Waals surface area contributed by atoms with Gasteiger partial charge in [0.15, 0.2) is 5.58 Å². The molecule has 2 amide bonds. The number of anilines is 1. The van der Waals surface area contributed by atoms with Gasteiger partial charge in [0, 0.05) is 50.9 Å². The number of fused-ring (bicyclic) bond motifs is 2. The number of aromatic nitrogens is 1. The van der Waals surface area contributed by atoms with Crippen LogP contribution in [0.15, 0.2) is 22.6 Å². The molecular formula is C27H36N6O3. The van der Waals surface area contributed by atoms with Crippen LogP contribution in [0.4, 0.5) is 6.01 Å². The number of hydrogen-bond acceptors (Lipinski definition) is 7. The molecule has 5 aliphatic rings. The van der Waals surface area contributed by atoms with Gasteiger partial charge in [-0.15, -0.1) is 0 Å². The van der Waals surface area contributed by atoms with Crippen LogP contribution in [0.2, 0.25) is 0 Å². The van der Waals surface area contributed by atoms with Gasteiger partial charge >= 0.3 is 0 Å². The zero-order chi connectivity index (χ0) is 24.3. The minimum Gasteiger partial charge on any atom is -0.423 e. The Kier molecular flexibility index (Phi) is 5.47. The number of nitrogens with one attached hydrogen (secondary N) is 2. The molecule has 2 saturated carbocycles. The summed E-state index contributed by atoms with van der Waals surface area (Å²) in [5.41, 5.74) is 2.61. The first-order valence-electron chi connectivity index (χ1n) is 13.8. The van der Waals surface area contributed by atoms with E-state index in [2.05, 4.69) is 20.4 Å². The molecule has 9 nitrogen and oxygen atoms in total. The molecule has 3 atom stereocenters. The van der Waals surface area contributed by atoms with Crippen molar-refractivity contribution < 1.29 is 14.0 Å². The van der Waals surface area contributed by atoms with Crippen molar-refractivity contribution in [3.05, 3.63) is 23.8 Å². The Morgan fingerprint density at radius 3 is 2.64 bits per heavy atom. The third-order valence-corrected chi connectivity index (χ3v) is 9.47. The minimum atomic E-state index is -0.136. The monoisotopic (exact) mass is 492 g/mol. The van der Waals surface area contributed by atoms with E-state index in [0.717, 1.165) is 51.0 Å². The first-order valence-corrected chi connectivity index (χ1v) is 13.8. The van der Waals surface area contributed by atoms with E-state index in [0.29, 0.717) is 35.7 Å². The van der Waals surface area contributed by atoms with Crippen molar-refractivity contribution >= 4 is 28.9 Å². The minimum absolute atomic E-state index is 0.0251. The van der Waals surface area contributed by atoms with E-state index in [1.807, 2.05) is 23.1 Å². The van der Waals surface area contributed by atoms with Gasteiger partial charge in [-0.2, -0.15) is 4.98 Å². The maximum atomic E-state index is 13.3. The Balaban J connectivity index is 0.987. The van der Waals surface area contributed by atoms with Gasteiger partial charge in [0.25, 0.3) is 11.9 Å². The number of carbonyl (C=O) groups excluding carboxylic acids is 2. The topological polar surface area (TPSA) is 94.0 Å². The van der Waals surface area contributed by atoms with Gasteiger partial charge in [-0.1, -0.05) is 19.3 Å². The number of piperazine rings is 1. The van der Waals surface area contributed by atoms with E-state index in [9.17, 15) is 9.59 Å². The smallest absolute Gasteiger partial charge is 0.298 e. The predicted molar refractivity (Wildman–Crippen MR) is 135 cm³/mol. The highest BCUT2D eigenvalue weighted by Gasteiger charge is 2.44. The highest BCUT2D eigenvalue weighted by Crippen LogP contribution is 2.48. The Morgan fingerprint density at radius 2 is 1.86 bits per heavy atom. The average molecular weight is 493 g/mol. The lowest BCUT2D eigenvalue weighted by Gasteiger charge is -2.46. The second-order valence-corrected chi connectivity index (χ2v) is 11.6. The fraction of sp³-hybridized carbons (Fsp3) is 0.667. The lowest BCUT2D eigenvalue weighted by Crippen LogP contribution is -2.69. The van der Waals surface area contributed by atoms with Crippen LogP contribution in [0.25, 0.3) is 11.1 Å². The molecule has 3 saturated heterocycles. The molecule has 0 bridgehead atoms. The summed E-state index contributed by atoms with van der Waals surface area (Å²) in [5.74, 6) is 0.310. The van der Waals surface area contributed by atoms with Gasteiger partial charge in [-0.25, -0.2) is 0 Å². The van der Waals surface area contributed by atoms with E-state index in [-0.39, 0.29) is 30.1 Å². The molecule has 1 aromatic carbocycles. The maximum Gasteiger partial charge on any atom is 0.298 e. The summed E-state index contributed by atoms with van der Waals surface area (Å²) < 4.78 is 6.13. The largest absolute Gasteiger partial charge is 0.423 e. The van der Waals surface area contributed by atoms with Crippen LogP contribution in [0.1, 0.15) is 61.7 Å². The summed E-state index contributed by atoms with van der Waals surface area (Å²) >= 11 is 0. The van der Waals surface area contributed by atoms with Crippen LogP contribution in [0.5, 0.6) is 0 Å². The van der Waals surface area contributed by atoms with Gasteiger partial charge in [-0.3, -0.25) is 19.8 Å². The Labute approximate surface area is 211 Å². The lowest BCUT2D eigenvalue weighted by molar-refractivity contribution is -0.134. The van der Waals surface area contributed by atoms with Gasteiger partial charge in [0.2, 0.25) is 5.91 Å². The Hall–Kier alpha value is -2.65. The van der Waals surface area contributed by atoms with Crippen LogP contribution in [-0.2, 0) is 4.79 Å².